The summed E-state index contributed by atoms with van der Waals surface area (Å²) in [6, 6.07) is 11.3. The fraction of sp³-hybridized carbons (Fsp3) is 0.133. The number of amides is 1. The molecule has 0 saturated heterocycles. The van der Waals surface area contributed by atoms with Gasteiger partial charge in [-0.3, -0.25) is 9.59 Å². The van der Waals surface area contributed by atoms with Gasteiger partial charge in [-0.25, -0.2) is 4.98 Å². The van der Waals surface area contributed by atoms with E-state index in [4.69, 9.17) is 0 Å². The van der Waals surface area contributed by atoms with E-state index in [9.17, 15) is 9.59 Å². The Balaban J connectivity index is 1.92. The second-order valence-electron chi connectivity index (χ2n) is 4.74. The summed E-state index contributed by atoms with van der Waals surface area (Å²) in [4.78, 5) is 28.6. The first-order chi connectivity index (χ1) is 10.7. The van der Waals surface area contributed by atoms with Crippen molar-refractivity contribution in [1.29, 1.82) is 0 Å². The molecule has 0 saturated carbocycles. The summed E-state index contributed by atoms with van der Waals surface area (Å²) < 4.78 is 1.07. The van der Waals surface area contributed by atoms with Gasteiger partial charge in [0.25, 0.3) is 5.56 Å². The zero-order valence-corrected chi connectivity index (χ0v) is 11.8. The van der Waals surface area contributed by atoms with Gasteiger partial charge in [0, 0.05) is 6.20 Å². The lowest BCUT2D eigenvalue weighted by Gasteiger charge is -2.13. The van der Waals surface area contributed by atoms with Gasteiger partial charge >= 0.3 is 0 Å². The molecule has 1 amide bonds. The van der Waals surface area contributed by atoms with E-state index >= 15 is 0 Å². The predicted molar refractivity (Wildman–Crippen MR) is 81.4 cm³/mol. The number of carbonyl (C=O) groups is 1. The van der Waals surface area contributed by atoms with E-state index in [0.29, 0.717) is 16.7 Å². The number of fused-ring (bicyclic) bond motifs is 1. The summed E-state index contributed by atoms with van der Waals surface area (Å²) in [6.07, 6.45) is 1.57. The summed E-state index contributed by atoms with van der Waals surface area (Å²) in [5, 5.41) is 10.9. The van der Waals surface area contributed by atoms with Crippen LogP contribution in [-0.4, -0.2) is 25.9 Å². The van der Waals surface area contributed by atoms with Crippen molar-refractivity contribution in [2.45, 2.75) is 13.0 Å². The molecule has 0 spiro atoms. The second-order valence-corrected chi connectivity index (χ2v) is 4.74. The fourth-order valence-corrected chi connectivity index (χ4v) is 2.03. The fourth-order valence-electron chi connectivity index (χ4n) is 2.03. The van der Waals surface area contributed by atoms with E-state index in [0.717, 1.165) is 4.68 Å². The first-order valence-electron chi connectivity index (χ1n) is 6.73. The molecule has 0 bridgehead atoms. The Morgan fingerprint density at radius 2 is 1.95 bits per heavy atom. The van der Waals surface area contributed by atoms with Crippen LogP contribution in [0.5, 0.6) is 0 Å². The maximum atomic E-state index is 12.4. The average molecular weight is 295 g/mol. The van der Waals surface area contributed by atoms with Crippen molar-refractivity contribution >= 4 is 22.6 Å². The topological polar surface area (TPSA) is 89.8 Å². The van der Waals surface area contributed by atoms with Crippen molar-refractivity contribution < 1.29 is 4.79 Å². The highest BCUT2D eigenvalue weighted by atomic mass is 16.2. The molecule has 7 nitrogen and oxygen atoms in total. The third kappa shape index (κ3) is 2.56. The van der Waals surface area contributed by atoms with Crippen LogP contribution in [0, 0.1) is 0 Å². The van der Waals surface area contributed by atoms with Crippen LogP contribution in [0.25, 0.3) is 10.9 Å². The minimum Gasteiger partial charge on any atom is -0.309 e. The number of rotatable bonds is 3. The van der Waals surface area contributed by atoms with Crippen molar-refractivity contribution in [3.8, 4) is 0 Å². The molecule has 110 valence electrons. The van der Waals surface area contributed by atoms with Gasteiger partial charge in [-0.15, -0.1) is 5.10 Å². The number of nitrogens with one attached hydrogen (secondary N) is 1. The zero-order chi connectivity index (χ0) is 15.5. The molecule has 0 aliphatic carbocycles. The summed E-state index contributed by atoms with van der Waals surface area (Å²) >= 11 is 0. The van der Waals surface area contributed by atoms with Crippen LogP contribution in [0.4, 0.5) is 5.82 Å². The van der Waals surface area contributed by atoms with Crippen LogP contribution >= 0.6 is 0 Å². The molecule has 0 aliphatic heterocycles. The molecule has 0 radical (unpaired) electrons. The van der Waals surface area contributed by atoms with E-state index < -0.39 is 6.04 Å². The van der Waals surface area contributed by atoms with Crippen molar-refractivity contribution in [3.05, 3.63) is 59.0 Å². The minimum atomic E-state index is -0.799. The number of aromatic nitrogens is 4. The number of hydrogen-bond acceptors (Lipinski definition) is 5. The Labute approximate surface area is 125 Å². The zero-order valence-electron chi connectivity index (χ0n) is 11.8. The van der Waals surface area contributed by atoms with Crippen molar-refractivity contribution in [2.24, 2.45) is 0 Å². The van der Waals surface area contributed by atoms with Gasteiger partial charge in [0.05, 0.1) is 5.39 Å². The summed E-state index contributed by atoms with van der Waals surface area (Å²) in [5.41, 5.74) is 0.148. The van der Waals surface area contributed by atoms with Gasteiger partial charge in [0.2, 0.25) is 5.91 Å². The average Bonchev–Trinajstić information content (AvgIpc) is 2.56. The molecule has 1 N–H and O–H groups in total. The van der Waals surface area contributed by atoms with E-state index in [1.807, 2.05) is 0 Å². The lowest BCUT2D eigenvalue weighted by Crippen LogP contribution is -2.34. The quantitative estimate of drug-likeness (QED) is 0.788. The molecule has 2 aromatic heterocycles. The Kier molecular flexibility index (Phi) is 3.61. The lowest BCUT2D eigenvalue weighted by molar-refractivity contribution is -0.119. The lowest BCUT2D eigenvalue weighted by atomic mass is 10.2. The standard InChI is InChI=1S/C15H13N5O2/c1-10(14(21)17-13-8-4-5-9-16-13)20-15(22)11-6-2-3-7-12(11)18-19-20/h2-10H,1H3,(H,16,17,21)/t10-/m0/s1. The normalized spacial score (nSPS) is 12.0. The van der Waals surface area contributed by atoms with Crippen LogP contribution in [0.2, 0.25) is 0 Å². The number of anilines is 1. The Hall–Kier alpha value is -3.09. The maximum absolute atomic E-state index is 12.4. The highest BCUT2D eigenvalue weighted by molar-refractivity contribution is 5.92. The number of carbonyl (C=O) groups excluding carboxylic acids is 1. The molecule has 0 fully saturated rings. The molecule has 22 heavy (non-hydrogen) atoms. The van der Waals surface area contributed by atoms with Gasteiger partial charge < -0.3 is 5.32 Å². The first kappa shape index (κ1) is 13.9. The summed E-state index contributed by atoms with van der Waals surface area (Å²) in [7, 11) is 0. The second kappa shape index (κ2) is 5.72. The molecule has 3 rings (SSSR count). The van der Waals surface area contributed by atoms with Gasteiger partial charge in [-0.05, 0) is 31.2 Å². The largest absolute Gasteiger partial charge is 0.309 e. The molecule has 2 heterocycles. The van der Waals surface area contributed by atoms with E-state index in [1.165, 1.54) is 0 Å². The smallest absolute Gasteiger partial charge is 0.278 e. The maximum Gasteiger partial charge on any atom is 0.278 e. The van der Waals surface area contributed by atoms with E-state index in [-0.39, 0.29) is 11.5 Å². The molecule has 1 aromatic carbocycles. The highest BCUT2D eigenvalue weighted by Crippen LogP contribution is 2.09. The number of pyridine rings is 1. The Bertz CT molecular complexity index is 876. The molecular formula is C15H13N5O2. The van der Waals surface area contributed by atoms with Crippen molar-refractivity contribution in [3.63, 3.8) is 0 Å². The molecule has 3 aromatic rings. The highest BCUT2D eigenvalue weighted by Gasteiger charge is 2.19. The van der Waals surface area contributed by atoms with Gasteiger partial charge in [0.15, 0.2) is 0 Å². The third-order valence-electron chi connectivity index (χ3n) is 3.25. The van der Waals surface area contributed by atoms with Crippen LogP contribution in [0.3, 0.4) is 0 Å². The molecule has 0 aliphatic rings. The predicted octanol–water partition coefficient (Wildman–Crippen LogP) is 1.39. The van der Waals surface area contributed by atoms with Crippen LogP contribution in [0.1, 0.15) is 13.0 Å². The summed E-state index contributed by atoms with van der Waals surface area (Å²) in [6.45, 7) is 1.59. The Morgan fingerprint density at radius 3 is 2.73 bits per heavy atom. The van der Waals surface area contributed by atoms with Crippen molar-refractivity contribution in [2.75, 3.05) is 5.32 Å². The van der Waals surface area contributed by atoms with Gasteiger partial charge in [-0.2, -0.15) is 4.68 Å². The molecule has 1 atom stereocenters. The third-order valence-corrected chi connectivity index (χ3v) is 3.25. The van der Waals surface area contributed by atoms with Gasteiger partial charge in [0.1, 0.15) is 17.4 Å². The number of nitrogens with zero attached hydrogens (tertiary/aromatic N) is 4. The van der Waals surface area contributed by atoms with Crippen LogP contribution < -0.4 is 10.9 Å². The first-order valence-corrected chi connectivity index (χ1v) is 6.73. The van der Waals surface area contributed by atoms with E-state index in [1.54, 1.807) is 55.6 Å². The monoisotopic (exact) mass is 295 g/mol. The molecular weight excluding hydrogens is 282 g/mol. The summed E-state index contributed by atoms with van der Waals surface area (Å²) in [5.74, 6) is 0.0338. The number of hydrogen-bond donors (Lipinski definition) is 1. The van der Waals surface area contributed by atoms with Crippen molar-refractivity contribution in [1.82, 2.24) is 20.0 Å². The number of benzene rings is 1. The van der Waals surface area contributed by atoms with Gasteiger partial charge in [-0.1, -0.05) is 23.4 Å². The van der Waals surface area contributed by atoms with Crippen LogP contribution in [-0.2, 0) is 4.79 Å². The minimum absolute atomic E-state index is 0.353. The van der Waals surface area contributed by atoms with E-state index in [2.05, 4.69) is 20.6 Å². The molecule has 7 heteroatoms. The Morgan fingerprint density at radius 1 is 1.18 bits per heavy atom. The molecule has 0 unspecified atom stereocenters. The van der Waals surface area contributed by atoms with Crippen LogP contribution in [0.15, 0.2) is 53.5 Å². The SMILES string of the molecule is C[C@@H](C(=O)Nc1ccccn1)n1nnc2ccccc2c1=O.